The summed E-state index contributed by atoms with van der Waals surface area (Å²) in [5.74, 6) is -2.38. The van der Waals surface area contributed by atoms with E-state index in [0.717, 1.165) is 23.2 Å². The molecule has 1 saturated carbocycles. The van der Waals surface area contributed by atoms with E-state index in [4.69, 9.17) is 4.42 Å². The zero-order chi connectivity index (χ0) is 22.9. The summed E-state index contributed by atoms with van der Waals surface area (Å²) in [6, 6.07) is 19.3. The summed E-state index contributed by atoms with van der Waals surface area (Å²) >= 11 is 0. The number of carboxylic acids is 1. The zero-order valence-corrected chi connectivity index (χ0v) is 17.6. The number of anilines is 2. The van der Waals surface area contributed by atoms with Gasteiger partial charge in [0.05, 0.1) is 5.92 Å². The largest absolute Gasteiger partial charge is 0.481 e. The Morgan fingerprint density at radius 1 is 0.939 bits per heavy atom. The van der Waals surface area contributed by atoms with Crippen LogP contribution in [0.3, 0.4) is 0 Å². The second-order valence-electron chi connectivity index (χ2n) is 8.26. The van der Waals surface area contributed by atoms with Gasteiger partial charge in [-0.2, -0.15) is 4.98 Å². The molecule has 7 heteroatoms. The maximum Gasteiger partial charge on any atom is 0.307 e. The number of carboxylic acid groups (broad SMARTS) is 1. The van der Waals surface area contributed by atoms with Crippen molar-refractivity contribution in [2.24, 2.45) is 11.8 Å². The van der Waals surface area contributed by atoms with E-state index in [1.807, 2.05) is 36.4 Å². The molecule has 6 nitrogen and oxygen atoms in total. The van der Waals surface area contributed by atoms with Gasteiger partial charge in [0.15, 0.2) is 11.4 Å². The first kappa shape index (κ1) is 20.9. The maximum atomic E-state index is 13.3. The molecule has 1 aliphatic carbocycles. The third-order valence-corrected chi connectivity index (χ3v) is 6.16. The number of rotatable bonds is 6. The van der Waals surface area contributed by atoms with E-state index in [1.54, 1.807) is 12.1 Å². The predicted molar refractivity (Wildman–Crippen MR) is 122 cm³/mol. The van der Waals surface area contributed by atoms with Crippen LogP contribution in [0, 0.1) is 17.7 Å². The molecular weight excluding hydrogens is 423 g/mol. The van der Waals surface area contributed by atoms with Crippen molar-refractivity contribution in [1.29, 1.82) is 0 Å². The van der Waals surface area contributed by atoms with Gasteiger partial charge in [-0.15, -0.1) is 0 Å². The average molecular weight is 444 g/mol. The highest BCUT2D eigenvalue weighted by molar-refractivity contribution is 6.00. The Morgan fingerprint density at radius 2 is 1.61 bits per heavy atom. The first-order chi connectivity index (χ1) is 16.0. The van der Waals surface area contributed by atoms with Crippen LogP contribution in [0.1, 0.15) is 29.6 Å². The summed E-state index contributed by atoms with van der Waals surface area (Å²) in [5.41, 5.74) is 4.15. The summed E-state index contributed by atoms with van der Waals surface area (Å²) in [7, 11) is 0. The standard InChI is InChI=1S/C26H21FN2O4/c27-18-10-13-23-22(14-18)29-26(33-23)28-19-11-8-16(9-12-19)15-4-6-17(7-5-15)24(30)20-2-1-3-21(20)25(31)32/h4-14,20-21H,1-3H2,(H,28,29)(H,31,32). The van der Waals surface area contributed by atoms with E-state index in [0.29, 0.717) is 29.5 Å². The van der Waals surface area contributed by atoms with Crippen molar-refractivity contribution in [3.63, 3.8) is 0 Å². The van der Waals surface area contributed by atoms with Gasteiger partial charge >= 0.3 is 5.97 Å². The lowest BCUT2D eigenvalue weighted by atomic mass is 9.88. The average Bonchev–Trinajstić information content (AvgIpc) is 3.46. The van der Waals surface area contributed by atoms with Crippen molar-refractivity contribution in [2.75, 3.05) is 5.32 Å². The fraction of sp³-hybridized carbons (Fsp3) is 0.192. The first-order valence-corrected chi connectivity index (χ1v) is 10.8. The van der Waals surface area contributed by atoms with Gasteiger partial charge in [-0.05, 0) is 48.2 Å². The molecule has 5 rings (SSSR count). The second-order valence-corrected chi connectivity index (χ2v) is 8.26. The fourth-order valence-corrected chi connectivity index (χ4v) is 4.43. The van der Waals surface area contributed by atoms with Crippen LogP contribution in [0.2, 0.25) is 0 Å². The third kappa shape index (κ3) is 4.22. The van der Waals surface area contributed by atoms with Crippen molar-refractivity contribution < 1.29 is 23.5 Å². The number of aliphatic carboxylic acids is 1. The van der Waals surface area contributed by atoms with Gasteiger partial charge in [-0.1, -0.05) is 42.8 Å². The number of oxazole rings is 1. The van der Waals surface area contributed by atoms with Crippen molar-refractivity contribution in [2.45, 2.75) is 19.3 Å². The Labute approximate surface area is 189 Å². The molecular formula is C26H21FN2O4. The number of carbonyl (C=O) groups excluding carboxylic acids is 1. The summed E-state index contributed by atoms with van der Waals surface area (Å²) in [4.78, 5) is 28.4. The number of fused-ring (bicyclic) bond motifs is 1. The summed E-state index contributed by atoms with van der Waals surface area (Å²) in [6.07, 6.45) is 1.96. The Bertz CT molecular complexity index is 1330. The summed E-state index contributed by atoms with van der Waals surface area (Å²) < 4.78 is 18.9. The number of Topliss-reactive ketones (excluding diaryl/α,β-unsaturated/α-hetero) is 1. The number of carbonyl (C=O) groups is 2. The van der Waals surface area contributed by atoms with Crippen LogP contribution >= 0.6 is 0 Å². The molecule has 0 aliphatic heterocycles. The van der Waals surface area contributed by atoms with Crippen LogP contribution in [-0.2, 0) is 4.79 Å². The quantitative estimate of drug-likeness (QED) is 0.351. The molecule has 33 heavy (non-hydrogen) atoms. The highest BCUT2D eigenvalue weighted by Gasteiger charge is 2.37. The SMILES string of the molecule is O=C(O)C1CCCC1C(=O)c1ccc(-c2ccc(Nc3nc4cc(F)ccc4o3)cc2)cc1. The topological polar surface area (TPSA) is 92.4 Å². The Hall–Kier alpha value is -4.00. The van der Waals surface area contributed by atoms with Gasteiger partial charge in [-0.25, -0.2) is 4.39 Å². The third-order valence-electron chi connectivity index (χ3n) is 6.16. The van der Waals surface area contributed by atoms with Crippen LogP contribution in [0.4, 0.5) is 16.1 Å². The van der Waals surface area contributed by atoms with E-state index in [2.05, 4.69) is 10.3 Å². The highest BCUT2D eigenvalue weighted by Crippen LogP contribution is 2.35. The van der Waals surface area contributed by atoms with Crippen LogP contribution in [0.5, 0.6) is 0 Å². The number of ketones is 1. The highest BCUT2D eigenvalue weighted by atomic mass is 19.1. The number of aromatic nitrogens is 1. The molecule has 0 radical (unpaired) electrons. The lowest BCUT2D eigenvalue weighted by Gasteiger charge is -2.14. The van der Waals surface area contributed by atoms with E-state index >= 15 is 0 Å². The zero-order valence-electron chi connectivity index (χ0n) is 17.6. The second kappa shape index (κ2) is 8.50. The van der Waals surface area contributed by atoms with Crippen molar-refractivity contribution in [3.05, 3.63) is 78.1 Å². The molecule has 2 atom stereocenters. The number of nitrogens with zero attached hydrogens (tertiary/aromatic N) is 1. The van der Waals surface area contributed by atoms with Crippen molar-refractivity contribution in [3.8, 4) is 11.1 Å². The van der Waals surface area contributed by atoms with Crippen LogP contribution < -0.4 is 5.32 Å². The van der Waals surface area contributed by atoms with Gasteiger partial charge in [0.25, 0.3) is 6.01 Å². The molecule has 1 aliphatic rings. The monoisotopic (exact) mass is 444 g/mol. The molecule has 0 bridgehead atoms. The number of hydrogen-bond donors (Lipinski definition) is 2. The number of hydrogen-bond acceptors (Lipinski definition) is 5. The van der Waals surface area contributed by atoms with Gasteiger partial charge in [0, 0.05) is 23.2 Å². The van der Waals surface area contributed by atoms with Crippen LogP contribution in [0.15, 0.2) is 71.1 Å². The predicted octanol–water partition coefficient (Wildman–Crippen LogP) is 6.06. The van der Waals surface area contributed by atoms with E-state index in [-0.39, 0.29) is 17.6 Å². The molecule has 1 fully saturated rings. The minimum absolute atomic E-state index is 0.0933. The van der Waals surface area contributed by atoms with Gasteiger partial charge in [0.2, 0.25) is 0 Å². The minimum atomic E-state index is -0.888. The Kier molecular flexibility index (Phi) is 5.38. The minimum Gasteiger partial charge on any atom is -0.481 e. The Balaban J connectivity index is 1.29. The van der Waals surface area contributed by atoms with Crippen LogP contribution in [-0.4, -0.2) is 21.8 Å². The maximum absolute atomic E-state index is 13.3. The molecule has 4 aromatic rings. The van der Waals surface area contributed by atoms with E-state index in [9.17, 15) is 19.1 Å². The van der Waals surface area contributed by atoms with Crippen LogP contribution in [0.25, 0.3) is 22.2 Å². The van der Waals surface area contributed by atoms with Gasteiger partial charge in [-0.3, -0.25) is 9.59 Å². The summed E-state index contributed by atoms with van der Waals surface area (Å²) in [5, 5.41) is 12.4. The number of halogens is 1. The molecule has 2 unspecified atom stereocenters. The number of nitrogens with one attached hydrogen (secondary N) is 1. The number of benzene rings is 3. The molecule has 1 aromatic heterocycles. The lowest BCUT2D eigenvalue weighted by molar-refractivity contribution is -0.142. The molecule has 3 aromatic carbocycles. The molecule has 0 spiro atoms. The molecule has 166 valence electrons. The molecule has 2 N–H and O–H groups in total. The molecule has 1 heterocycles. The van der Waals surface area contributed by atoms with Gasteiger partial charge in [0.1, 0.15) is 11.3 Å². The lowest BCUT2D eigenvalue weighted by Crippen LogP contribution is -2.25. The molecule has 0 amide bonds. The van der Waals surface area contributed by atoms with Crippen molar-refractivity contribution in [1.82, 2.24) is 4.98 Å². The van der Waals surface area contributed by atoms with Crippen molar-refractivity contribution >= 4 is 34.6 Å². The van der Waals surface area contributed by atoms with Gasteiger partial charge < -0.3 is 14.8 Å². The first-order valence-electron chi connectivity index (χ1n) is 10.8. The normalized spacial score (nSPS) is 17.8. The van der Waals surface area contributed by atoms with E-state index in [1.165, 1.54) is 18.2 Å². The van der Waals surface area contributed by atoms with E-state index < -0.39 is 17.8 Å². The smallest absolute Gasteiger partial charge is 0.307 e. The fourth-order valence-electron chi connectivity index (χ4n) is 4.43. The molecule has 0 saturated heterocycles. The Morgan fingerprint density at radius 3 is 2.30 bits per heavy atom. The summed E-state index contributed by atoms with van der Waals surface area (Å²) in [6.45, 7) is 0.